The number of hydrogen-bond acceptors (Lipinski definition) is 5. The minimum Gasteiger partial charge on any atom is -0.354 e. The first-order chi connectivity index (χ1) is 11.7. The van der Waals surface area contributed by atoms with E-state index in [0.717, 1.165) is 41.5 Å². The second-order valence-electron chi connectivity index (χ2n) is 6.01. The summed E-state index contributed by atoms with van der Waals surface area (Å²) >= 11 is 1.64. The number of piperidine rings is 1. The number of nitrogens with one attached hydrogen (secondary N) is 1. The molecule has 0 aliphatic carbocycles. The minimum absolute atomic E-state index is 0.0308. The van der Waals surface area contributed by atoms with Gasteiger partial charge in [0.1, 0.15) is 0 Å². The van der Waals surface area contributed by atoms with Crippen LogP contribution in [0.15, 0.2) is 41.3 Å². The highest BCUT2D eigenvalue weighted by Gasteiger charge is 2.27. The van der Waals surface area contributed by atoms with E-state index in [1.165, 1.54) is 0 Å². The molecule has 1 atom stereocenters. The van der Waals surface area contributed by atoms with Crippen molar-refractivity contribution in [2.45, 2.75) is 24.7 Å². The number of carbonyl (C=O) groups is 1. The molecule has 1 unspecified atom stereocenters. The van der Waals surface area contributed by atoms with Crippen LogP contribution in [0.2, 0.25) is 0 Å². The fraction of sp³-hybridized carbons (Fsp3) is 0.389. The second kappa shape index (κ2) is 7.66. The first kappa shape index (κ1) is 16.8. The second-order valence-corrected chi connectivity index (χ2v) is 6.86. The van der Waals surface area contributed by atoms with Crippen LogP contribution in [0.5, 0.6) is 0 Å². The molecule has 1 aromatic heterocycles. The van der Waals surface area contributed by atoms with Gasteiger partial charge in [0.15, 0.2) is 5.82 Å². The fourth-order valence-electron chi connectivity index (χ4n) is 2.94. The van der Waals surface area contributed by atoms with E-state index in [1.807, 2.05) is 49.6 Å². The van der Waals surface area contributed by atoms with E-state index < -0.39 is 0 Å². The van der Waals surface area contributed by atoms with E-state index in [2.05, 4.69) is 20.4 Å². The van der Waals surface area contributed by atoms with Gasteiger partial charge in [0.25, 0.3) is 0 Å². The molecule has 0 spiro atoms. The van der Waals surface area contributed by atoms with E-state index in [4.69, 9.17) is 0 Å². The van der Waals surface area contributed by atoms with E-state index >= 15 is 0 Å². The van der Waals surface area contributed by atoms with Gasteiger partial charge in [0, 0.05) is 18.0 Å². The number of anilines is 2. The lowest BCUT2D eigenvalue weighted by atomic mass is 9.97. The highest BCUT2D eigenvalue weighted by Crippen LogP contribution is 2.27. The average Bonchev–Trinajstić information content (AvgIpc) is 2.63. The normalized spacial score (nSPS) is 17.6. The van der Waals surface area contributed by atoms with Crippen LogP contribution >= 0.6 is 11.8 Å². The van der Waals surface area contributed by atoms with Gasteiger partial charge in [0.2, 0.25) is 5.91 Å². The van der Waals surface area contributed by atoms with Gasteiger partial charge >= 0.3 is 0 Å². The zero-order chi connectivity index (χ0) is 16.9. The summed E-state index contributed by atoms with van der Waals surface area (Å²) in [6.07, 6.45) is 3.91. The van der Waals surface area contributed by atoms with Crippen molar-refractivity contribution in [1.29, 1.82) is 0 Å². The van der Waals surface area contributed by atoms with Crippen molar-refractivity contribution >= 4 is 29.2 Å². The lowest BCUT2D eigenvalue weighted by Gasteiger charge is -2.32. The number of amides is 1. The van der Waals surface area contributed by atoms with Gasteiger partial charge in [-0.3, -0.25) is 4.79 Å². The molecule has 1 aliphatic heterocycles. The molecule has 0 saturated carbocycles. The van der Waals surface area contributed by atoms with Gasteiger partial charge in [-0.05, 0) is 50.3 Å². The number of para-hydroxylation sites is 1. The Morgan fingerprint density at radius 3 is 2.83 bits per heavy atom. The number of benzene rings is 1. The van der Waals surface area contributed by atoms with Gasteiger partial charge < -0.3 is 10.2 Å². The van der Waals surface area contributed by atoms with Crippen molar-refractivity contribution in [2.24, 2.45) is 5.92 Å². The smallest absolute Gasteiger partial charge is 0.229 e. The summed E-state index contributed by atoms with van der Waals surface area (Å²) < 4.78 is 0. The van der Waals surface area contributed by atoms with Crippen LogP contribution in [-0.4, -0.2) is 35.4 Å². The standard InChI is InChI=1S/C18H22N4OS/c1-13-9-10-17(21-20-13)22-11-5-6-14(12-22)18(23)19-15-7-3-4-8-16(15)24-2/h3-4,7-10,14H,5-6,11-12H2,1-2H3,(H,19,23). The van der Waals surface area contributed by atoms with E-state index in [0.29, 0.717) is 6.54 Å². The maximum Gasteiger partial charge on any atom is 0.229 e. The van der Waals surface area contributed by atoms with Crippen molar-refractivity contribution in [3.05, 3.63) is 42.1 Å². The number of aryl methyl sites for hydroxylation is 1. The molecule has 1 aromatic carbocycles. The Balaban J connectivity index is 1.68. The molecule has 3 rings (SSSR count). The van der Waals surface area contributed by atoms with Crippen LogP contribution in [0.1, 0.15) is 18.5 Å². The Morgan fingerprint density at radius 2 is 2.08 bits per heavy atom. The molecule has 2 aromatic rings. The Hall–Kier alpha value is -2.08. The number of thioether (sulfide) groups is 1. The van der Waals surface area contributed by atoms with Crippen molar-refractivity contribution < 1.29 is 4.79 Å². The molecular formula is C18H22N4OS. The molecule has 0 radical (unpaired) electrons. The van der Waals surface area contributed by atoms with Gasteiger partial charge in [-0.1, -0.05) is 12.1 Å². The molecule has 6 heteroatoms. The molecule has 126 valence electrons. The van der Waals surface area contributed by atoms with Gasteiger partial charge in [-0.15, -0.1) is 16.9 Å². The predicted octanol–water partition coefficient (Wildman–Crippen LogP) is 3.36. The highest BCUT2D eigenvalue weighted by molar-refractivity contribution is 7.98. The molecule has 24 heavy (non-hydrogen) atoms. The molecule has 1 aliphatic rings. The van der Waals surface area contributed by atoms with Crippen LogP contribution in [0.3, 0.4) is 0 Å². The lowest BCUT2D eigenvalue weighted by Crippen LogP contribution is -2.41. The number of hydrogen-bond donors (Lipinski definition) is 1. The molecule has 1 amide bonds. The van der Waals surface area contributed by atoms with E-state index in [9.17, 15) is 4.79 Å². The minimum atomic E-state index is -0.0308. The Labute approximate surface area is 146 Å². The highest BCUT2D eigenvalue weighted by atomic mass is 32.2. The largest absolute Gasteiger partial charge is 0.354 e. The first-order valence-corrected chi connectivity index (χ1v) is 9.39. The number of aromatic nitrogens is 2. The van der Waals surface area contributed by atoms with E-state index in [-0.39, 0.29) is 11.8 Å². The fourth-order valence-corrected chi connectivity index (χ4v) is 3.50. The maximum absolute atomic E-state index is 12.7. The Morgan fingerprint density at radius 1 is 1.25 bits per heavy atom. The van der Waals surface area contributed by atoms with Crippen LogP contribution < -0.4 is 10.2 Å². The molecule has 1 saturated heterocycles. The van der Waals surface area contributed by atoms with Crippen molar-refractivity contribution in [1.82, 2.24) is 10.2 Å². The first-order valence-electron chi connectivity index (χ1n) is 8.16. The summed E-state index contributed by atoms with van der Waals surface area (Å²) in [6, 6.07) is 11.8. The van der Waals surface area contributed by atoms with Crippen molar-refractivity contribution in [3.8, 4) is 0 Å². The Bertz CT molecular complexity index is 704. The predicted molar refractivity (Wildman–Crippen MR) is 98.6 cm³/mol. The zero-order valence-corrected chi connectivity index (χ0v) is 14.8. The van der Waals surface area contributed by atoms with Crippen LogP contribution in [0.25, 0.3) is 0 Å². The molecule has 5 nitrogen and oxygen atoms in total. The van der Waals surface area contributed by atoms with Crippen molar-refractivity contribution in [3.63, 3.8) is 0 Å². The molecule has 2 heterocycles. The third-order valence-electron chi connectivity index (χ3n) is 4.26. The summed E-state index contributed by atoms with van der Waals surface area (Å²) in [4.78, 5) is 15.9. The number of rotatable bonds is 4. The average molecular weight is 342 g/mol. The van der Waals surface area contributed by atoms with Gasteiger partial charge in [0.05, 0.1) is 17.3 Å². The summed E-state index contributed by atoms with van der Waals surface area (Å²) in [5.74, 6) is 0.903. The van der Waals surface area contributed by atoms with Crippen molar-refractivity contribution in [2.75, 3.05) is 29.6 Å². The van der Waals surface area contributed by atoms with Crippen LogP contribution in [0, 0.1) is 12.8 Å². The van der Waals surface area contributed by atoms with Crippen LogP contribution in [0.4, 0.5) is 11.5 Å². The molecule has 1 N–H and O–H groups in total. The monoisotopic (exact) mass is 342 g/mol. The summed E-state index contributed by atoms with van der Waals surface area (Å²) in [6.45, 7) is 3.53. The topological polar surface area (TPSA) is 58.1 Å². The lowest BCUT2D eigenvalue weighted by molar-refractivity contribution is -0.120. The Kier molecular flexibility index (Phi) is 5.35. The number of nitrogens with zero attached hydrogens (tertiary/aromatic N) is 3. The molecular weight excluding hydrogens is 320 g/mol. The quantitative estimate of drug-likeness (QED) is 0.864. The van der Waals surface area contributed by atoms with Crippen LogP contribution in [-0.2, 0) is 4.79 Å². The summed E-state index contributed by atoms with van der Waals surface area (Å²) in [5, 5.41) is 11.5. The zero-order valence-electron chi connectivity index (χ0n) is 14.0. The molecule has 1 fully saturated rings. The van der Waals surface area contributed by atoms with E-state index in [1.54, 1.807) is 11.8 Å². The summed E-state index contributed by atoms with van der Waals surface area (Å²) in [7, 11) is 0. The summed E-state index contributed by atoms with van der Waals surface area (Å²) in [5.41, 5.74) is 1.79. The SMILES string of the molecule is CSc1ccccc1NC(=O)C1CCCN(c2ccc(C)nn2)C1. The third-order valence-corrected chi connectivity index (χ3v) is 5.06. The van der Waals surface area contributed by atoms with Gasteiger partial charge in [-0.25, -0.2) is 0 Å². The third kappa shape index (κ3) is 3.87. The van der Waals surface area contributed by atoms with Gasteiger partial charge in [-0.2, -0.15) is 5.10 Å². The molecule has 0 bridgehead atoms. The number of carbonyl (C=O) groups excluding carboxylic acids is 1. The maximum atomic E-state index is 12.7.